The minimum Gasteiger partial charge on any atom is -0.491 e. The molecule has 3 heteroatoms. The van der Waals surface area contributed by atoms with E-state index in [0.717, 1.165) is 18.8 Å². The summed E-state index contributed by atoms with van der Waals surface area (Å²) in [6, 6.07) is 8.10. The van der Waals surface area contributed by atoms with Crippen molar-refractivity contribution in [2.45, 2.75) is 20.4 Å². The van der Waals surface area contributed by atoms with Gasteiger partial charge in [0.15, 0.2) is 0 Å². The van der Waals surface area contributed by atoms with Crippen LogP contribution in [0.3, 0.4) is 0 Å². The molecule has 1 aromatic carbocycles. The second-order valence-corrected chi connectivity index (χ2v) is 3.88. The maximum atomic E-state index is 5.73. The van der Waals surface area contributed by atoms with Crippen LogP contribution < -0.4 is 10.1 Å². The van der Waals surface area contributed by atoms with E-state index < -0.39 is 0 Å². The Morgan fingerprint density at radius 1 is 1.22 bits per heavy atom. The molecule has 1 rings (SSSR count). The second kappa shape index (κ2) is 9.68. The van der Waals surface area contributed by atoms with Crippen LogP contribution in [0.15, 0.2) is 36.4 Å². The topological polar surface area (TPSA) is 30.5 Å². The van der Waals surface area contributed by atoms with Crippen LogP contribution in [-0.2, 0) is 11.3 Å². The van der Waals surface area contributed by atoms with Crippen LogP contribution >= 0.6 is 0 Å². The van der Waals surface area contributed by atoms with Gasteiger partial charge < -0.3 is 14.8 Å². The standard InChI is InChI=1S/C15H23NO2/c1-3-5-10-17-11-12-18-15-9-7-6-8-14(15)13-16-4-2/h3,5-9,16H,4,10-13H2,1-2H3. The van der Waals surface area contributed by atoms with E-state index in [1.54, 1.807) is 0 Å². The zero-order valence-electron chi connectivity index (χ0n) is 11.3. The normalized spacial score (nSPS) is 11.0. The first-order chi connectivity index (χ1) is 8.88. The van der Waals surface area contributed by atoms with E-state index in [4.69, 9.17) is 9.47 Å². The van der Waals surface area contributed by atoms with Gasteiger partial charge in [0.25, 0.3) is 0 Å². The Bertz CT molecular complexity index is 350. The monoisotopic (exact) mass is 249 g/mol. The average molecular weight is 249 g/mol. The van der Waals surface area contributed by atoms with Gasteiger partial charge in [0, 0.05) is 12.1 Å². The molecule has 0 aromatic heterocycles. The highest BCUT2D eigenvalue weighted by Crippen LogP contribution is 2.17. The van der Waals surface area contributed by atoms with Crippen molar-refractivity contribution >= 4 is 0 Å². The molecule has 0 fully saturated rings. The van der Waals surface area contributed by atoms with Gasteiger partial charge in [0.2, 0.25) is 0 Å². The molecule has 0 heterocycles. The van der Waals surface area contributed by atoms with Gasteiger partial charge in [-0.15, -0.1) is 0 Å². The first kappa shape index (κ1) is 14.7. The Labute approximate surface area is 110 Å². The first-order valence-electron chi connectivity index (χ1n) is 6.48. The molecule has 0 amide bonds. The van der Waals surface area contributed by atoms with Crippen LogP contribution in [0.4, 0.5) is 0 Å². The Kier molecular flexibility index (Phi) is 7.93. The summed E-state index contributed by atoms with van der Waals surface area (Å²) in [6.07, 6.45) is 3.96. The molecule has 0 bridgehead atoms. The lowest BCUT2D eigenvalue weighted by molar-refractivity contribution is 0.120. The third kappa shape index (κ3) is 5.84. The molecule has 18 heavy (non-hydrogen) atoms. The van der Waals surface area contributed by atoms with Crippen LogP contribution in [0, 0.1) is 0 Å². The molecule has 0 aliphatic carbocycles. The van der Waals surface area contributed by atoms with Crippen molar-refractivity contribution in [2.75, 3.05) is 26.4 Å². The largest absolute Gasteiger partial charge is 0.491 e. The summed E-state index contributed by atoms with van der Waals surface area (Å²) in [5.41, 5.74) is 1.19. The number of para-hydroxylation sites is 1. The molecular weight excluding hydrogens is 226 g/mol. The highest BCUT2D eigenvalue weighted by molar-refractivity contribution is 5.33. The number of ether oxygens (including phenoxy) is 2. The fraction of sp³-hybridized carbons (Fsp3) is 0.467. The van der Waals surface area contributed by atoms with Crippen LogP contribution in [0.2, 0.25) is 0 Å². The van der Waals surface area contributed by atoms with Crippen molar-refractivity contribution in [3.8, 4) is 5.75 Å². The van der Waals surface area contributed by atoms with Crippen molar-refractivity contribution in [3.63, 3.8) is 0 Å². The predicted octanol–water partition coefficient (Wildman–Crippen LogP) is 2.77. The zero-order chi connectivity index (χ0) is 13.1. The maximum absolute atomic E-state index is 5.73. The summed E-state index contributed by atoms with van der Waals surface area (Å²) in [5, 5.41) is 3.30. The van der Waals surface area contributed by atoms with E-state index in [-0.39, 0.29) is 0 Å². The van der Waals surface area contributed by atoms with Crippen LogP contribution in [-0.4, -0.2) is 26.4 Å². The summed E-state index contributed by atoms with van der Waals surface area (Å²) < 4.78 is 11.1. The Morgan fingerprint density at radius 2 is 2.06 bits per heavy atom. The summed E-state index contributed by atoms with van der Waals surface area (Å²) in [5.74, 6) is 0.938. The lowest BCUT2D eigenvalue weighted by Gasteiger charge is -2.11. The van der Waals surface area contributed by atoms with E-state index in [1.165, 1.54) is 5.56 Å². The van der Waals surface area contributed by atoms with Crippen LogP contribution in [0.5, 0.6) is 5.75 Å². The third-order valence-electron chi connectivity index (χ3n) is 2.47. The van der Waals surface area contributed by atoms with Gasteiger partial charge in [-0.2, -0.15) is 0 Å². The molecule has 0 aliphatic rings. The zero-order valence-corrected chi connectivity index (χ0v) is 11.3. The number of allylic oxidation sites excluding steroid dienone is 1. The predicted molar refractivity (Wildman–Crippen MR) is 75.0 cm³/mol. The van der Waals surface area contributed by atoms with Crippen molar-refractivity contribution in [3.05, 3.63) is 42.0 Å². The van der Waals surface area contributed by atoms with Crippen LogP contribution in [0.1, 0.15) is 19.4 Å². The van der Waals surface area contributed by atoms with Gasteiger partial charge in [0.05, 0.1) is 13.2 Å². The van der Waals surface area contributed by atoms with Crippen molar-refractivity contribution in [1.29, 1.82) is 0 Å². The molecular formula is C15H23NO2. The maximum Gasteiger partial charge on any atom is 0.123 e. The lowest BCUT2D eigenvalue weighted by atomic mass is 10.2. The minimum absolute atomic E-state index is 0.584. The van der Waals surface area contributed by atoms with Gasteiger partial charge in [-0.3, -0.25) is 0 Å². The van der Waals surface area contributed by atoms with E-state index in [2.05, 4.69) is 18.3 Å². The number of nitrogens with one attached hydrogen (secondary N) is 1. The molecule has 1 N–H and O–H groups in total. The molecule has 100 valence electrons. The van der Waals surface area contributed by atoms with Gasteiger partial charge in [0.1, 0.15) is 12.4 Å². The summed E-state index contributed by atoms with van der Waals surface area (Å²) in [4.78, 5) is 0. The van der Waals surface area contributed by atoms with Gasteiger partial charge >= 0.3 is 0 Å². The highest BCUT2D eigenvalue weighted by Gasteiger charge is 2.01. The van der Waals surface area contributed by atoms with E-state index >= 15 is 0 Å². The Hall–Kier alpha value is -1.32. The fourth-order valence-electron chi connectivity index (χ4n) is 1.51. The summed E-state index contributed by atoms with van der Waals surface area (Å²) >= 11 is 0. The molecule has 0 aliphatic heterocycles. The summed E-state index contributed by atoms with van der Waals surface area (Å²) in [6.45, 7) is 7.72. The molecule has 1 aromatic rings. The summed E-state index contributed by atoms with van der Waals surface area (Å²) in [7, 11) is 0. The third-order valence-corrected chi connectivity index (χ3v) is 2.47. The minimum atomic E-state index is 0.584. The molecule has 3 nitrogen and oxygen atoms in total. The van der Waals surface area contributed by atoms with E-state index in [0.29, 0.717) is 19.8 Å². The first-order valence-corrected chi connectivity index (χ1v) is 6.48. The number of benzene rings is 1. The molecule has 0 saturated carbocycles. The van der Waals surface area contributed by atoms with E-state index in [1.807, 2.05) is 37.3 Å². The molecule has 0 atom stereocenters. The number of rotatable bonds is 9. The number of hydrogen-bond donors (Lipinski definition) is 1. The quantitative estimate of drug-likeness (QED) is 0.539. The highest BCUT2D eigenvalue weighted by atomic mass is 16.5. The molecule has 0 unspecified atom stereocenters. The molecule has 0 saturated heterocycles. The van der Waals surface area contributed by atoms with Crippen LogP contribution in [0.25, 0.3) is 0 Å². The van der Waals surface area contributed by atoms with Crippen molar-refractivity contribution in [1.82, 2.24) is 5.32 Å². The van der Waals surface area contributed by atoms with Crippen molar-refractivity contribution in [2.24, 2.45) is 0 Å². The Balaban J connectivity index is 2.32. The van der Waals surface area contributed by atoms with Gasteiger partial charge in [-0.1, -0.05) is 37.3 Å². The van der Waals surface area contributed by atoms with Crippen molar-refractivity contribution < 1.29 is 9.47 Å². The lowest BCUT2D eigenvalue weighted by Crippen LogP contribution is -2.14. The molecule has 0 spiro atoms. The Morgan fingerprint density at radius 3 is 2.83 bits per heavy atom. The van der Waals surface area contributed by atoms with Gasteiger partial charge in [-0.25, -0.2) is 0 Å². The molecule has 0 radical (unpaired) electrons. The fourth-order valence-corrected chi connectivity index (χ4v) is 1.51. The smallest absolute Gasteiger partial charge is 0.123 e. The van der Waals surface area contributed by atoms with E-state index in [9.17, 15) is 0 Å². The average Bonchev–Trinajstić information content (AvgIpc) is 2.41. The number of hydrogen-bond acceptors (Lipinski definition) is 3. The SMILES string of the molecule is CC=CCOCCOc1ccccc1CNCC. The van der Waals surface area contributed by atoms with Gasteiger partial charge in [-0.05, 0) is 19.5 Å². The second-order valence-electron chi connectivity index (χ2n) is 3.88.